The van der Waals surface area contributed by atoms with Gasteiger partial charge >= 0.3 is 5.69 Å². The van der Waals surface area contributed by atoms with E-state index in [2.05, 4.69) is 4.98 Å². The molecular weight excluding hydrogens is 318 g/mol. The fraction of sp³-hybridized carbons (Fsp3) is 0.200. The summed E-state index contributed by atoms with van der Waals surface area (Å²) in [4.78, 5) is 40.8. The number of oxazole rings is 1. The molecule has 0 aromatic carbocycles. The number of thiophene rings is 1. The average Bonchev–Trinajstić information content (AvgIpc) is 3.18. The smallest absolute Gasteiger partial charge is 0.331 e. The van der Waals surface area contributed by atoms with E-state index in [0.717, 1.165) is 9.44 Å². The highest BCUT2D eigenvalue weighted by atomic mass is 32.1. The molecular formula is C15H13N3O4S. The number of Topliss-reactive ketones (excluding diaryl/α,β-unsaturated/α-hetero) is 1. The van der Waals surface area contributed by atoms with E-state index in [4.69, 9.17) is 4.42 Å². The molecule has 0 radical (unpaired) electrons. The van der Waals surface area contributed by atoms with E-state index >= 15 is 0 Å². The molecule has 118 valence electrons. The summed E-state index contributed by atoms with van der Waals surface area (Å²) < 4.78 is 7.59. The molecule has 3 heterocycles. The van der Waals surface area contributed by atoms with Crippen molar-refractivity contribution in [3.63, 3.8) is 0 Å². The molecule has 0 N–H and O–H groups in total. The lowest BCUT2D eigenvalue weighted by Crippen LogP contribution is -2.40. The van der Waals surface area contributed by atoms with E-state index in [1.165, 1.54) is 42.3 Å². The van der Waals surface area contributed by atoms with E-state index in [0.29, 0.717) is 11.6 Å². The molecule has 0 spiro atoms. The van der Waals surface area contributed by atoms with E-state index in [9.17, 15) is 14.4 Å². The minimum Gasteiger partial charge on any atom is -0.443 e. The van der Waals surface area contributed by atoms with Crippen LogP contribution in [0.4, 0.5) is 0 Å². The molecule has 0 unspecified atom stereocenters. The van der Waals surface area contributed by atoms with Crippen LogP contribution in [0.1, 0.15) is 23.0 Å². The van der Waals surface area contributed by atoms with Crippen molar-refractivity contribution in [1.29, 1.82) is 0 Å². The second kappa shape index (κ2) is 5.81. The highest BCUT2D eigenvalue weighted by molar-refractivity contribution is 7.13. The number of nitrogens with zero attached hydrogens (tertiary/aromatic N) is 3. The molecule has 7 nitrogen and oxygen atoms in total. The molecule has 0 atom stereocenters. The van der Waals surface area contributed by atoms with Gasteiger partial charge < -0.3 is 4.42 Å². The van der Waals surface area contributed by atoms with Crippen molar-refractivity contribution in [3.05, 3.63) is 62.1 Å². The predicted octanol–water partition coefficient (Wildman–Crippen LogP) is 1.51. The lowest BCUT2D eigenvalue weighted by molar-refractivity contribution is 0.101. The van der Waals surface area contributed by atoms with Crippen LogP contribution in [0.2, 0.25) is 0 Å². The predicted molar refractivity (Wildman–Crippen MR) is 84.9 cm³/mol. The zero-order valence-electron chi connectivity index (χ0n) is 12.5. The third kappa shape index (κ3) is 2.80. The zero-order valence-corrected chi connectivity index (χ0v) is 13.3. The van der Waals surface area contributed by atoms with E-state index in [1.54, 1.807) is 0 Å². The first-order chi connectivity index (χ1) is 11.0. The van der Waals surface area contributed by atoms with Crippen LogP contribution >= 0.6 is 11.3 Å². The van der Waals surface area contributed by atoms with Gasteiger partial charge in [-0.25, -0.2) is 9.78 Å². The molecule has 23 heavy (non-hydrogen) atoms. The van der Waals surface area contributed by atoms with Crippen LogP contribution in [0.3, 0.4) is 0 Å². The molecule has 3 aromatic rings. The topological polar surface area (TPSA) is 87.1 Å². The minimum absolute atomic E-state index is 0.0333. The van der Waals surface area contributed by atoms with Crippen LogP contribution in [0.5, 0.6) is 0 Å². The fourth-order valence-electron chi connectivity index (χ4n) is 2.15. The number of ketones is 1. The van der Waals surface area contributed by atoms with Crippen molar-refractivity contribution in [2.24, 2.45) is 7.05 Å². The van der Waals surface area contributed by atoms with Gasteiger partial charge in [-0.15, -0.1) is 11.3 Å². The number of rotatable bonds is 4. The lowest BCUT2D eigenvalue weighted by Gasteiger charge is -2.07. The normalized spacial score (nSPS) is 10.9. The molecule has 0 saturated heterocycles. The summed E-state index contributed by atoms with van der Waals surface area (Å²) in [5.74, 6) is 0.0819. The standard InChI is InChI=1S/C15H13N3O4S/c1-9(19)11-7-18(15(21)17(2)14(11)20)6-10-8-22-13(16-10)12-4-3-5-23-12/h3-5,7-8H,6H2,1-2H3. The molecule has 0 aliphatic heterocycles. The molecule has 0 fully saturated rings. The number of carbonyl (C=O) groups is 1. The molecule has 0 saturated carbocycles. The Hall–Kier alpha value is -2.74. The summed E-state index contributed by atoms with van der Waals surface area (Å²) >= 11 is 1.49. The van der Waals surface area contributed by atoms with Gasteiger partial charge in [-0.1, -0.05) is 6.07 Å². The van der Waals surface area contributed by atoms with Crippen LogP contribution in [0.25, 0.3) is 10.8 Å². The van der Waals surface area contributed by atoms with Gasteiger partial charge in [0.2, 0.25) is 5.89 Å². The summed E-state index contributed by atoms with van der Waals surface area (Å²) in [5, 5.41) is 1.91. The van der Waals surface area contributed by atoms with Crippen LogP contribution in [-0.4, -0.2) is 19.9 Å². The Balaban J connectivity index is 1.99. The Morgan fingerprint density at radius 1 is 1.39 bits per heavy atom. The van der Waals surface area contributed by atoms with Gasteiger partial charge in [0.05, 0.1) is 22.7 Å². The molecule has 0 aliphatic carbocycles. The maximum Gasteiger partial charge on any atom is 0.331 e. The first kappa shape index (κ1) is 15.2. The van der Waals surface area contributed by atoms with Gasteiger partial charge in [0.1, 0.15) is 6.26 Å². The van der Waals surface area contributed by atoms with Gasteiger partial charge in [-0.2, -0.15) is 0 Å². The number of hydrogen-bond acceptors (Lipinski definition) is 6. The van der Waals surface area contributed by atoms with Crippen molar-refractivity contribution in [2.45, 2.75) is 13.5 Å². The maximum atomic E-state index is 12.2. The molecule has 0 aliphatic rings. The summed E-state index contributed by atoms with van der Waals surface area (Å²) in [7, 11) is 1.34. The Kier molecular flexibility index (Phi) is 3.83. The molecule has 8 heteroatoms. The Morgan fingerprint density at radius 2 is 2.17 bits per heavy atom. The first-order valence-electron chi connectivity index (χ1n) is 6.77. The molecule has 0 amide bonds. The third-order valence-corrected chi connectivity index (χ3v) is 4.21. The Morgan fingerprint density at radius 3 is 2.83 bits per heavy atom. The summed E-state index contributed by atoms with van der Waals surface area (Å²) in [6, 6.07) is 3.77. The number of aromatic nitrogens is 3. The highest BCUT2D eigenvalue weighted by Gasteiger charge is 2.14. The SMILES string of the molecule is CC(=O)c1cn(Cc2coc(-c3cccs3)n2)c(=O)n(C)c1=O. The van der Waals surface area contributed by atoms with E-state index in [-0.39, 0.29) is 12.1 Å². The maximum absolute atomic E-state index is 12.2. The third-order valence-electron chi connectivity index (χ3n) is 3.35. The van der Waals surface area contributed by atoms with Crippen molar-refractivity contribution in [1.82, 2.24) is 14.1 Å². The number of hydrogen-bond donors (Lipinski definition) is 0. The first-order valence-corrected chi connectivity index (χ1v) is 7.65. The molecule has 0 bridgehead atoms. The summed E-state index contributed by atoms with van der Waals surface area (Å²) in [6.07, 6.45) is 2.73. The molecule has 3 aromatic heterocycles. The van der Waals surface area contributed by atoms with Crippen LogP contribution in [-0.2, 0) is 13.6 Å². The van der Waals surface area contributed by atoms with Gasteiger partial charge in [-0.3, -0.25) is 18.7 Å². The van der Waals surface area contributed by atoms with Crippen molar-refractivity contribution < 1.29 is 9.21 Å². The number of carbonyl (C=O) groups excluding carboxylic acids is 1. The fourth-order valence-corrected chi connectivity index (χ4v) is 2.80. The Labute approximate surface area is 134 Å². The van der Waals surface area contributed by atoms with Gasteiger partial charge in [-0.05, 0) is 18.4 Å². The zero-order chi connectivity index (χ0) is 16.6. The lowest BCUT2D eigenvalue weighted by atomic mass is 10.2. The second-order valence-corrected chi connectivity index (χ2v) is 5.94. The average molecular weight is 331 g/mol. The molecule has 3 rings (SSSR count). The second-order valence-electron chi connectivity index (χ2n) is 4.99. The minimum atomic E-state index is -0.599. The van der Waals surface area contributed by atoms with Crippen LogP contribution in [0.15, 0.2) is 44.0 Å². The largest absolute Gasteiger partial charge is 0.443 e. The summed E-state index contributed by atoms with van der Waals surface area (Å²) in [5.41, 5.74) is -0.614. The van der Waals surface area contributed by atoms with Gasteiger partial charge in [0.25, 0.3) is 5.56 Å². The monoisotopic (exact) mass is 331 g/mol. The van der Waals surface area contributed by atoms with E-state index < -0.39 is 17.0 Å². The van der Waals surface area contributed by atoms with Crippen LogP contribution in [0, 0.1) is 0 Å². The summed E-state index contributed by atoms with van der Waals surface area (Å²) in [6.45, 7) is 1.40. The van der Waals surface area contributed by atoms with Crippen molar-refractivity contribution >= 4 is 17.1 Å². The van der Waals surface area contributed by atoms with Gasteiger partial charge in [0, 0.05) is 13.2 Å². The quantitative estimate of drug-likeness (QED) is 0.676. The van der Waals surface area contributed by atoms with Crippen molar-refractivity contribution in [3.8, 4) is 10.8 Å². The Bertz CT molecular complexity index is 979. The highest BCUT2D eigenvalue weighted by Crippen LogP contribution is 2.23. The van der Waals surface area contributed by atoms with Crippen LogP contribution < -0.4 is 11.2 Å². The van der Waals surface area contributed by atoms with E-state index in [1.807, 2.05) is 17.5 Å². The van der Waals surface area contributed by atoms with Crippen molar-refractivity contribution in [2.75, 3.05) is 0 Å². The van der Waals surface area contributed by atoms with Gasteiger partial charge in [0.15, 0.2) is 5.78 Å².